The number of aliphatic hydroxyl groups excluding tert-OH is 3. The highest BCUT2D eigenvalue weighted by atomic mass is 16.6. The Balaban J connectivity index is 1.85. The van der Waals surface area contributed by atoms with Crippen molar-refractivity contribution in [3.05, 3.63) is 12.2 Å². The fourth-order valence-corrected chi connectivity index (χ4v) is 3.97. The first kappa shape index (κ1) is 27.6. The fraction of sp³-hybridized carbons (Fsp3) is 0.920. The van der Waals surface area contributed by atoms with Crippen LogP contribution in [0.15, 0.2) is 12.2 Å². The Bertz CT molecular complexity index is 401. The second-order valence-corrected chi connectivity index (χ2v) is 8.74. The van der Waals surface area contributed by atoms with E-state index in [4.69, 9.17) is 9.47 Å². The molecule has 0 aromatic heterocycles. The molecule has 1 aliphatic rings. The zero-order valence-electron chi connectivity index (χ0n) is 19.4. The van der Waals surface area contributed by atoms with Crippen molar-refractivity contribution in [1.82, 2.24) is 0 Å². The molecule has 30 heavy (non-hydrogen) atoms. The number of rotatable bonds is 20. The maximum Gasteiger partial charge on any atom is 0.114 e. The van der Waals surface area contributed by atoms with E-state index >= 15 is 0 Å². The van der Waals surface area contributed by atoms with Gasteiger partial charge in [0.15, 0.2) is 0 Å². The van der Waals surface area contributed by atoms with Gasteiger partial charge in [-0.15, -0.1) is 0 Å². The van der Waals surface area contributed by atoms with Crippen LogP contribution in [0.2, 0.25) is 0 Å². The van der Waals surface area contributed by atoms with Crippen LogP contribution >= 0.6 is 0 Å². The number of unbranched alkanes of at least 4 members (excludes halogenated alkanes) is 13. The number of ether oxygens (including phenoxy) is 2. The Morgan fingerprint density at radius 3 is 1.87 bits per heavy atom. The molecule has 1 saturated heterocycles. The summed E-state index contributed by atoms with van der Waals surface area (Å²) in [5.41, 5.74) is 0. The third kappa shape index (κ3) is 13.1. The Labute approximate surface area is 184 Å². The Morgan fingerprint density at radius 1 is 0.833 bits per heavy atom. The quantitative estimate of drug-likeness (QED) is 0.190. The molecule has 0 radical (unpaired) electrons. The van der Waals surface area contributed by atoms with Crippen molar-refractivity contribution in [1.29, 1.82) is 0 Å². The number of hydrogen-bond acceptors (Lipinski definition) is 5. The molecule has 0 spiro atoms. The highest BCUT2D eigenvalue weighted by Gasteiger charge is 2.40. The molecule has 0 aromatic carbocycles. The average molecular weight is 429 g/mol. The molecule has 1 aliphatic heterocycles. The Hall–Kier alpha value is -0.460. The molecule has 0 amide bonds. The van der Waals surface area contributed by atoms with Crippen molar-refractivity contribution < 1.29 is 24.8 Å². The summed E-state index contributed by atoms with van der Waals surface area (Å²) >= 11 is 0. The molecule has 1 fully saturated rings. The van der Waals surface area contributed by atoms with Crippen LogP contribution in [0.4, 0.5) is 0 Å². The maximum absolute atomic E-state index is 9.84. The molecule has 0 bridgehead atoms. The first-order chi connectivity index (χ1) is 14.7. The van der Waals surface area contributed by atoms with Gasteiger partial charge in [0.1, 0.15) is 24.4 Å². The van der Waals surface area contributed by atoms with Crippen LogP contribution in [0.3, 0.4) is 0 Å². The molecule has 5 heteroatoms. The van der Waals surface area contributed by atoms with Crippen molar-refractivity contribution >= 4 is 0 Å². The molecule has 5 nitrogen and oxygen atoms in total. The van der Waals surface area contributed by atoms with E-state index in [2.05, 4.69) is 19.1 Å². The third-order valence-corrected chi connectivity index (χ3v) is 5.97. The van der Waals surface area contributed by atoms with Gasteiger partial charge in [-0.05, 0) is 32.1 Å². The minimum atomic E-state index is -0.986. The maximum atomic E-state index is 9.84. The van der Waals surface area contributed by atoms with Gasteiger partial charge >= 0.3 is 0 Å². The normalized spacial score (nSPS) is 22.9. The van der Waals surface area contributed by atoms with Crippen molar-refractivity contribution in [2.24, 2.45) is 0 Å². The zero-order chi connectivity index (χ0) is 21.9. The summed E-state index contributed by atoms with van der Waals surface area (Å²) in [6.07, 6.45) is 20.9. The smallest absolute Gasteiger partial charge is 0.114 e. The largest absolute Gasteiger partial charge is 0.394 e. The fourth-order valence-electron chi connectivity index (χ4n) is 3.97. The molecule has 0 saturated carbocycles. The van der Waals surface area contributed by atoms with E-state index in [0.29, 0.717) is 6.61 Å². The second-order valence-electron chi connectivity index (χ2n) is 8.74. The molecular weight excluding hydrogens is 380 g/mol. The first-order valence-corrected chi connectivity index (χ1v) is 12.6. The Kier molecular flexibility index (Phi) is 17.7. The molecular formula is C25H48O5. The van der Waals surface area contributed by atoms with Crippen LogP contribution in [0.25, 0.3) is 0 Å². The summed E-state index contributed by atoms with van der Waals surface area (Å²) in [5.74, 6) is 0. The van der Waals surface area contributed by atoms with Crippen LogP contribution in [0.1, 0.15) is 103 Å². The van der Waals surface area contributed by atoms with Crippen molar-refractivity contribution in [2.45, 2.75) is 128 Å². The van der Waals surface area contributed by atoms with Crippen molar-refractivity contribution in [2.75, 3.05) is 19.8 Å². The summed E-state index contributed by atoms with van der Waals surface area (Å²) in [6.45, 7) is 2.68. The van der Waals surface area contributed by atoms with Gasteiger partial charge < -0.3 is 24.8 Å². The minimum absolute atomic E-state index is 0.0929. The summed E-state index contributed by atoms with van der Waals surface area (Å²) in [6, 6.07) is 0. The summed E-state index contributed by atoms with van der Waals surface area (Å²) in [7, 11) is 0. The van der Waals surface area contributed by atoms with E-state index in [1.807, 2.05) is 0 Å². The standard InChI is InChI=1S/C25H48O5/c1-2-3-4-5-6-7-8-9-10-11-12-13-14-15-16-17-18-19-29-23(20-26)25-24(28)22(27)21-30-25/h14-15,22-28H,2-13,16-21H2,1H3/b15-14+/t22-,23+,24+,25+/m1/s1. The monoisotopic (exact) mass is 428 g/mol. The van der Waals surface area contributed by atoms with Gasteiger partial charge in [-0.2, -0.15) is 0 Å². The lowest BCUT2D eigenvalue weighted by Gasteiger charge is -2.24. The van der Waals surface area contributed by atoms with Crippen LogP contribution in [0.5, 0.6) is 0 Å². The van der Waals surface area contributed by atoms with Crippen LogP contribution < -0.4 is 0 Å². The topological polar surface area (TPSA) is 79.2 Å². The third-order valence-electron chi connectivity index (χ3n) is 5.97. The van der Waals surface area contributed by atoms with Gasteiger partial charge in [0.2, 0.25) is 0 Å². The molecule has 0 aliphatic carbocycles. The van der Waals surface area contributed by atoms with Gasteiger partial charge in [0.05, 0.1) is 13.2 Å². The summed E-state index contributed by atoms with van der Waals surface area (Å²) in [4.78, 5) is 0. The SMILES string of the molecule is CCCCCCCCCCCCC/C=C/CCCCO[C@@H](CO)[C@@H]1OC[C@@H](O)[C@@H]1O. The van der Waals surface area contributed by atoms with Crippen LogP contribution in [-0.4, -0.2) is 59.6 Å². The molecule has 0 aromatic rings. The molecule has 1 rings (SSSR count). The lowest BCUT2D eigenvalue weighted by molar-refractivity contribution is -0.101. The van der Waals surface area contributed by atoms with Gasteiger partial charge in [0.25, 0.3) is 0 Å². The van der Waals surface area contributed by atoms with Gasteiger partial charge in [-0.25, -0.2) is 0 Å². The predicted octanol–water partition coefficient (Wildman–Crippen LogP) is 4.91. The van der Waals surface area contributed by atoms with E-state index in [9.17, 15) is 15.3 Å². The van der Waals surface area contributed by atoms with Gasteiger partial charge in [-0.3, -0.25) is 0 Å². The van der Waals surface area contributed by atoms with E-state index in [1.165, 1.54) is 77.0 Å². The summed E-state index contributed by atoms with van der Waals surface area (Å²) < 4.78 is 11.0. The zero-order valence-corrected chi connectivity index (χ0v) is 19.4. The van der Waals surface area contributed by atoms with Gasteiger partial charge in [-0.1, -0.05) is 83.3 Å². The average Bonchev–Trinajstić information content (AvgIpc) is 3.08. The number of allylic oxidation sites excluding steroid dienone is 2. The molecule has 4 atom stereocenters. The van der Waals surface area contributed by atoms with E-state index in [1.54, 1.807) is 0 Å². The highest BCUT2D eigenvalue weighted by Crippen LogP contribution is 2.20. The Morgan fingerprint density at radius 2 is 1.37 bits per heavy atom. The number of aliphatic hydroxyl groups is 3. The van der Waals surface area contributed by atoms with Crippen LogP contribution in [0, 0.1) is 0 Å². The van der Waals surface area contributed by atoms with Crippen molar-refractivity contribution in [3.8, 4) is 0 Å². The minimum Gasteiger partial charge on any atom is -0.394 e. The molecule has 3 N–H and O–H groups in total. The second kappa shape index (κ2) is 19.2. The lowest BCUT2D eigenvalue weighted by Crippen LogP contribution is -2.42. The molecule has 1 heterocycles. The predicted molar refractivity (Wildman–Crippen MR) is 123 cm³/mol. The lowest BCUT2D eigenvalue weighted by atomic mass is 10.1. The number of hydrogen-bond donors (Lipinski definition) is 3. The first-order valence-electron chi connectivity index (χ1n) is 12.6. The van der Waals surface area contributed by atoms with Gasteiger partial charge in [0, 0.05) is 6.61 Å². The molecule has 178 valence electrons. The summed E-state index contributed by atoms with van der Waals surface area (Å²) in [5, 5.41) is 28.8. The van der Waals surface area contributed by atoms with E-state index in [-0.39, 0.29) is 13.2 Å². The van der Waals surface area contributed by atoms with E-state index in [0.717, 1.165) is 19.3 Å². The van der Waals surface area contributed by atoms with Crippen molar-refractivity contribution in [3.63, 3.8) is 0 Å². The van der Waals surface area contributed by atoms with E-state index < -0.39 is 24.4 Å². The van der Waals surface area contributed by atoms with Crippen LogP contribution in [-0.2, 0) is 9.47 Å². The highest BCUT2D eigenvalue weighted by molar-refractivity contribution is 4.88. The molecule has 0 unspecified atom stereocenters.